The molecule has 0 amide bonds. The van der Waals surface area contributed by atoms with E-state index in [-0.39, 0.29) is 13.2 Å². The molecule has 1 fully saturated rings. The third-order valence-corrected chi connectivity index (χ3v) is 4.68. The molecule has 5 atom stereocenters. The van der Waals surface area contributed by atoms with Crippen molar-refractivity contribution in [2.24, 2.45) is 5.92 Å². The number of rotatable bonds is 7. The third-order valence-electron chi connectivity index (χ3n) is 4.68. The maximum Gasteiger partial charge on any atom is 0.303 e. The van der Waals surface area contributed by atoms with Gasteiger partial charge in [-0.15, -0.1) is 0 Å². The van der Waals surface area contributed by atoms with Gasteiger partial charge in [0.25, 0.3) is 0 Å². The molecule has 1 aromatic carbocycles. The van der Waals surface area contributed by atoms with Crippen LogP contribution in [0.1, 0.15) is 33.3 Å². The van der Waals surface area contributed by atoms with Gasteiger partial charge in [-0.3, -0.25) is 14.4 Å². The molecule has 29 heavy (non-hydrogen) atoms. The Bertz CT molecular complexity index is 731. The number of ether oxygens (including phenoxy) is 5. The van der Waals surface area contributed by atoms with Crippen LogP contribution in [0.25, 0.3) is 0 Å². The number of para-hydroxylation sites is 1. The summed E-state index contributed by atoms with van der Waals surface area (Å²) in [6.45, 7) is 7.59. The van der Waals surface area contributed by atoms with E-state index >= 15 is 0 Å². The molecule has 1 heterocycles. The van der Waals surface area contributed by atoms with Crippen molar-refractivity contribution in [3.63, 3.8) is 0 Å². The predicted molar refractivity (Wildman–Crippen MR) is 102 cm³/mol. The highest BCUT2D eigenvalue weighted by Gasteiger charge is 2.49. The van der Waals surface area contributed by atoms with Crippen molar-refractivity contribution in [1.29, 1.82) is 0 Å². The summed E-state index contributed by atoms with van der Waals surface area (Å²) in [6.07, 6.45) is -2.86. The molecule has 0 aromatic heterocycles. The summed E-state index contributed by atoms with van der Waals surface area (Å²) in [5.74, 6) is -1.36. The van der Waals surface area contributed by atoms with Crippen molar-refractivity contribution in [3.8, 4) is 5.75 Å². The fourth-order valence-electron chi connectivity index (χ4n) is 3.33. The summed E-state index contributed by atoms with van der Waals surface area (Å²) in [4.78, 5) is 34.7. The van der Waals surface area contributed by atoms with E-state index in [1.54, 1.807) is 6.92 Å². The zero-order chi connectivity index (χ0) is 21.6. The molecule has 1 aromatic rings. The van der Waals surface area contributed by atoms with Gasteiger partial charge in [-0.1, -0.05) is 18.2 Å². The summed E-state index contributed by atoms with van der Waals surface area (Å²) in [7, 11) is 0. The number of esters is 3. The fraction of sp³-hybridized carbons (Fsp3) is 0.571. The molecule has 1 saturated heterocycles. The van der Waals surface area contributed by atoms with Crippen LogP contribution >= 0.6 is 0 Å². The number of hydrogen-bond acceptors (Lipinski definition) is 8. The van der Waals surface area contributed by atoms with Gasteiger partial charge < -0.3 is 23.7 Å². The van der Waals surface area contributed by atoms with Gasteiger partial charge in [0.15, 0.2) is 6.10 Å². The van der Waals surface area contributed by atoms with Gasteiger partial charge in [-0.25, -0.2) is 0 Å². The largest absolute Gasteiger partial charge is 0.490 e. The standard InChI is InChI=1S/C21H28O8/c1-12-8-6-7-9-18(12)26-11-19-21(29-16(5)24)20(28-15(4)23)17(13(2)27-19)10-25-14(3)22/h6-9,13,17,19-21H,10-11H2,1-5H3. The summed E-state index contributed by atoms with van der Waals surface area (Å²) in [6, 6.07) is 7.50. The van der Waals surface area contributed by atoms with Crippen LogP contribution in [-0.2, 0) is 33.3 Å². The zero-order valence-electron chi connectivity index (χ0n) is 17.4. The van der Waals surface area contributed by atoms with E-state index in [2.05, 4.69) is 0 Å². The monoisotopic (exact) mass is 408 g/mol. The van der Waals surface area contributed by atoms with Gasteiger partial charge in [0, 0.05) is 20.8 Å². The Morgan fingerprint density at radius 1 is 0.931 bits per heavy atom. The van der Waals surface area contributed by atoms with Crippen molar-refractivity contribution in [1.82, 2.24) is 0 Å². The summed E-state index contributed by atoms with van der Waals surface area (Å²) in [5.41, 5.74) is 0.949. The van der Waals surface area contributed by atoms with E-state index in [9.17, 15) is 14.4 Å². The Labute approximate surface area is 170 Å². The Hall–Kier alpha value is -2.61. The summed E-state index contributed by atoms with van der Waals surface area (Å²) >= 11 is 0. The Kier molecular flexibility index (Phi) is 8.01. The summed E-state index contributed by atoms with van der Waals surface area (Å²) in [5, 5.41) is 0. The number of aryl methyl sites for hydroxylation is 1. The Morgan fingerprint density at radius 2 is 1.55 bits per heavy atom. The van der Waals surface area contributed by atoms with Gasteiger partial charge in [-0.2, -0.15) is 0 Å². The van der Waals surface area contributed by atoms with Crippen LogP contribution in [0.4, 0.5) is 0 Å². The van der Waals surface area contributed by atoms with Crippen LogP contribution in [0.2, 0.25) is 0 Å². The van der Waals surface area contributed by atoms with Gasteiger partial charge in [-0.05, 0) is 25.5 Å². The second kappa shape index (κ2) is 10.2. The van der Waals surface area contributed by atoms with Crippen molar-refractivity contribution >= 4 is 17.9 Å². The molecule has 0 spiro atoms. The van der Waals surface area contributed by atoms with E-state index in [1.165, 1.54) is 20.8 Å². The minimum absolute atomic E-state index is 0.0302. The molecule has 0 saturated carbocycles. The van der Waals surface area contributed by atoms with Crippen LogP contribution in [0, 0.1) is 12.8 Å². The van der Waals surface area contributed by atoms with Crippen LogP contribution in [0.3, 0.4) is 0 Å². The molecule has 8 nitrogen and oxygen atoms in total. The molecule has 1 aliphatic rings. The topological polar surface area (TPSA) is 97.4 Å². The second-order valence-corrected chi connectivity index (χ2v) is 7.07. The van der Waals surface area contributed by atoms with Crippen molar-refractivity contribution in [2.45, 2.75) is 59.0 Å². The third kappa shape index (κ3) is 6.45. The highest BCUT2D eigenvalue weighted by Crippen LogP contribution is 2.32. The van der Waals surface area contributed by atoms with E-state index in [0.29, 0.717) is 5.75 Å². The van der Waals surface area contributed by atoms with Crippen LogP contribution in [-0.4, -0.2) is 55.5 Å². The lowest BCUT2D eigenvalue weighted by Crippen LogP contribution is -2.59. The van der Waals surface area contributed by atoms with E-state index in [4.69, 9.17) is 23.7 Å². The molecular weight excluding hydrogens is 380 g/mol. The molecule has 0 N–H and O–H groups in total. The maximum atomic E-state index is 11.7. The Balaban J connectivity index is 2.25. The first-order valence-corrected chi connectivity index (χ1v) is 9.50. The quantitative estimate of drug-likeness (QED) is 0.500. The van der Waals surface area contributed by atoms with Gasteiger partial charge >= 0.3 is 17.9 Å². The maximum absolute atomic E-state index is 11.7. The molecule has 0 radical (unpaired) electrons. The van der Waals surface area contributed by atoms with Crippen molar-refractivity contribution in [2.75, 3.05) is 13.2 Å². The first-order valence-electron chi connectivity index (χ1n) is 9.50. The van der Waals surface area contributed by atoms with Crippen LogP contribution in [0.5, 0.6) is 5.75 Å². The molecule has 2 rings (SSSR count). The fourth-order valence-corrected chi connectivity index (χ4v) is 3.33. The van der Waals surface area contributed by atoms with Crippen molar-refractivity contribution in [3.05, 3.63) is 29.8 Å². The van der Waals surface area contributed by atoms with E-state index in [0.717, 1.165) is 5.56 Å². The molecule has 0 aliphatic carbocycles. The molecule has 160 valence electrons. The normalized spacial score (nSPS) is 26.3. The average molecular weight is 408 g/mol. The van der Waals surface area contributed by atoms with Gasteiger partial charge in [0.1, 0.15) is 31.2 Å². The smallest absolute Gasteiger partial charge is 0.303 e. The molecular formula is C21H28O8. The van der Waals surface area contributed by atoms with E-state index in [1.807, 2.05) is 31.2 Å². The zero-order valence-corrected chi connectivity index (χ0v) is 17.4. The first kappa shape index (κ1) is 22.7. The van der Waals surface area contributed by atoms with Crippen LogP contribution in [0.15, 0.2) is 24.3 Å². The first-order chi connectivity index (χ1) is 13.7. The number of carbonyl (C=O) groups is 3. The highest BCUT2D eigenvalue weighted by atomic mass is 16.6. The molecule has 1 aliphatic heterocycles. The van der Waals surface area contributed by atoms with Gasteiger partial charge in [0.05, 0.1) is 12.0 Å². The minimum Gasteiger partial charge on any atom is -0.490 e. The molecule has 5 unspecified atom stereocenters. The molecule has 8 heteroatoms. The number of hydrogen-bond donors (Lipinski definition) is 0. The average Bonchev–Trinajstić information content (AvgIpc) is 2.62. The highest BCUT2D eigenvalue weighted by molar-refractivity contribution is 5.67. The lowest BCUT2D eigenvalue weighted by Gasteiger charge is -2.44. The number of benzene rings is 1. The Morgan fingerprint density at radius 3 is 2.14 bits per heavy atom. The summed E-state index contributed by atoms with van der Waals surface area (Å²) < 4.78 is 28.0. The SMILES string of the molecule is CC(=O)OCC1C(C)OC(COc2ccccc2C)C(OC(C)=O)C1OC(C)=O. The van der Waals surface area contributed by atoms with E-state index < -0.39 is 48.2 Å². The second-order valence-electron chi connectivity index (χ2n) is 7.07. The predicted octanol–water partition coefficient (Wildman–Crippen LogP) is 2.20. The molecule has 0 bridgehead atoms. The van der Waals surface area contributed by atoms with Gasteiger partial charge in [0.2, 0.25) is 0 Å². The lowest BCUT2D eigenvalue weighted by atomic mass is 9.87. The minimum atomic E-state index is -0.905. The van der Waals surface area contributed by atoms with Crippen LogP contribution < -0.4 is 4.74 Å². The number of carbonyl (C=O) groups excluding carboxylic acids is 3. The lowest BCUT2D eigenvalue weighted by molar-refractivity contribution is -0.232. The van der Waals surface area contributed by atoms with Crippen molar-refractivity contribution < 1.29 is 38.1 Å².